The number of nitro groups is 1. The van der Waals surface area contributed by atoms with Crippen LogP contribution in [0.15, 0.2) is 16.6 Å². The molecule has 104 valence electrons. The average molecular weight is 329 g/mol. The summed E-state index contributed by atoms with van der Waals surface area (Å²) < 4.78 is 6.24. The monoisotopic (exact) mass is 328 g/mol. The summed E-state index contributed by atoms with van der Waals surface area (Å²) >= 11 is 3.39. The molecule has 1 fully saturated rings. The molecule has 2 rings (SSSR count). The molecular formula is C13H17BrN2O3. The summed E-state index contributed by atoms with van der Waals surface area (Å²) in [5.74, 6) is 0. The van der Waals surface area contributed by atoms with E-state index in [2.05, 4.69) is 28.2 Å². The van der Waals surface area contributed by atoms with Crippen LogP contribution in [0.5, 0.6) is 0 Å². The van der Waals surface area contributed by atoms with Crippen LogP contribution in [0.3, 0.4) is 0 Å². The van der Waals surface area contributed by atoms with Crippen molar-refractivity contribution >= 4 is 27.3 Å². The van der Waals surface area contributed by atoms with E-state index < -0.39 is 0 Å². The lowest BCUT2D eigenvalue weighted by molar-refractivity contribution is -0.385. The van der Waals surface area contributed by atoms with Gasteiger partial charge in [-0.3, -0.25) is 10.1 Å². The first-order valence-electron chi connectivity index (χ1n) is 6.30. The molecule has 0 radical (unpaired) electrons. The zero-order valence-corrected chi connectivity index (χ0v) is 12.6. The van der Waals surface area contributed by atoms with Gasteiger partial charge < -0.3 is 10.1 Å². The van der Waals surface area contributed by atoms with Crippen molar-refractivity contribution in [2.24, 2.45) is 0 Å². The largest absolute Gasteiger partial charge is 0.381 e. The van der Waals surface area contributed by atoms with Gasteiger partial charge in [0.05, 0.1) is 11.0 Å². The Hall–Kier alpha value is -1.14. The normalized spacial score (nSPS) is 23.1. The second-order valence-electron chi connectivity index (χ2n) is 4.92. The van der Waals surface area contributed by atoms with Crippen LogP contribution < -0.4 is 5.32 Å². The first-order valence-corrected chi connectivity index (χ1v) is 7.09. The Kier molecular flexibility index (Phi) is 4.42. The first-order chi connectivity index (χ1) is 8.97. The first kappa shape index (κ1) is 14.3. The zero-order valence-electron chi connectivity index (χ0n) is 11.0. The Morgan fingerprint density at radius 2 is 2.26 bits per heavy atom. The van der Waals surface area contributed by atoms with Gasteiger partial charge in [0.1, 0.15) is 0 Å². The molecule has 1 aromatic rings. The molecule has 6 heteroatoms. The smallest absolute Gasteiger partial charge is 0.273 e. The minimum absolute atomic E-state index is 0.137. The summed E-state index contributed by atoms with van der Waals surface area (Å²) in [6, 6.07) is 3.73. The van der Waals surface area contributed by atoms with E-state index in [1.807, 2.05) is 6.07 Å². The number of nitro benzene ring substituents is 1. The third-order valence-electron chi connectivity index (χ3n) is 3.33. The van der Waals surface area contributed by atoms with Crippen molar-refractivity contribution in [1.29, 1.82) is 0 Å². The van der Waals surface area contributed by atoms with Gasteiger partial charge >= 0.3 is 0 Å². The molecule has 1 N–H and O–H groups in total. The van der Waals surface area contributed by atoms with E-state index in [4.69, 9.17) is 4.74 Å². The van der Waals surface area contributed by atoms with Gasteiger partial charge in [-0.2, -0.15) is 0 Å². The van der Waals surface area contributed by atoms with Crippen molar-refractivity contribution in [3.8, 4) is 0 Å². The van der Waals surface area contributed by atoms with Gasteiger partial charge in [-0.15, -0.1) is 0 Å². The number of rotatable bonds is 3. The van der Waals surface area contributed by atoms with Crippen molar-refractivity contribution in [2.45, 2.75) is 38.8 Å². The minimum Gasteiger partial charge on any atom is -0.381 e. The summed E-state index contributed by atoms with van der Waals surface area (Å²) in [7, 11) is 0. The van der Waals surface area contributed by atoms with E-state index in [-0.39, 0.29) is 16.7 Å². The molecule has 0 spiro atoms. The van der Waals surface area contributed by atoms with Crippen molar-refractivity contribution < 1.29 is 9.66 Å². The molecule has 0 amide bonds. The lowest BCUT2D eigenvalue weighted by Crippen LogP contribution is -2.32. The highest BCUT2D eigenvalue weighted by molar-refractivity contribution is 9.10. The average Bonchev–Trinajstić information content (AvgIpc) is 2.33. The molecular weight excluding hydrogens is 312 g/mol. The lowest BCUT2D eigenvalue weighted by atomic mass is 10.0. The Morgan fingerprint density at radius 3 is 2.89 bits per heavy atom. The van der Waals surface area contributed by atoms with Crippen molar-refractivity contribution in [3.05, 3.63) is 32.3 Å². The molecule has 0 aliphatic carbocycles. The summed E-state index contributed by atoms with van der Waals surface area (Å²) in [6.45, 7) is 4.56. The van der Waals surface area contributed by atoms with Crippen LogP contribution in [-0.4, -0.2) is 23.7 Å². The molecule has 2 unspecified atom stereocenters. The van der Waals surface area contributed by atoms with E-state index in [0.29, 0.717) is 11.6 Å². The molecule has 19 heavy (non-hydrogen) atoms. The number of ether oxygens (including phenoxy) is 1. The van der Waals surface area contributed by atoms with Gasteiger partial charge in [0.25, 0.3) is 5.69 Å². The van der Waals surface area contributed by atoms with Crippen LogP contribution >= 0.6 is 15.9 Å². The fraction of sp³-hybridized carbons (Fsp3) is 0.538. The van der Waals surface area contributed by atoms with E-state index in [9.17, 15) is 10.1 Å². The Labute approximate surface area is 120 Å². The molecule has 1 aliphatic rings. The molecule has 0 bridgehead atoms. The standard InChI is InChI=1S/C13H17BrN2O3/c1-8-5-12(11(14)7-13(8)16(17)18)15-10-3-4-19-9(2)6-10/h5,7,9-10,15H,3-4,6H2,1-2H3. The Bertz CT molecular complexity index is 493. The van der Waals surface area contributed by atoms with E-state index in [0.717, 1.165) is 29.6 Å². The van der Waals surface area contributed by atoms with Crippen LogP contribution in [0.4, 0.5) is 11.4 Å². The summed E-state index contributed by atoms with van der Waals surface area (Å²) in [6.07, 6.45) is 2.15. The number of halogens is 1. The van der Waals surface area contributed by atoms with Crippen LogP contribution in [0, 0.1) is 17.0 Å². The molecule has 2 atom stereocenters. The highest BCUT2D eigenvalue weighted by Crippen LogP contribution is 2.32. The zero-order chi connectivity index (χ0) is 14.0. The SMILES string of the molecule is Cc1cc(NC2CCOC(C)C2)c(Br)cc1[N+](=O)[O-]. The number of aryl methyl sites for hydroxylation is 1. The highest BCUT2D eigenvalue weighted by atomic mass is 79.9. The number of nitrogens with one attached hydrogen (secondary N) is 1. The predicted octanol–water partition coefficient (Wildman–Crippen LogP) is 3.65. The number of nitrogens with zero attached hydrogens (tertiary/aromatic N) is 1. The van der Waals surface area contributed by atoms with Gasteiger partial charge in [0, 0.05) is 34.4 Å². The van der Waals surface area contributed by atoms with E-state index in [1.54, 1.807) is 13.0 Å². The quantitative estimate of drug-likeness (QED) is 0.679. The maximum atomic E-state index is 10.9. The fourth-order valence-electron chi connectivity index (χ4n) is 2.33. The van der Waals surface area contributed by atoms with Crippen LogP contribution in [0.25, 0.3) is 0 Å². The minimum atomic E-state index is -0.361. The molecule has 0 saturated carbocycles. The van der Waals surface area contributed by atoms with Crippen LogP contribution in [0.2, 0.25) is 0 Å². The number of hydrogen-bond acceptors (Lipinski definition) is 4. The van der Waals surface area contributed by atoms with Gasteiger partial charge in [0.2, 0.25) is 0 Å². The Morgan fingerprint density at radius 1 is 1.53 bits per heavy atom. The summed E-state index contributed by atoms with van der Waals surface area (Å²) in [4.78, 5) is 10.5. The highest BCUT2D eigenvalue weighted by Gasteiger charge is 2.21. The maximum Gasteiger partial charge on any atom is 0.273 e. The third-order valence-corrected chi connectivity index (χ3v) is 3.98. The number of hydrogen-bond donors (Lipinski definition) is 1. The van der Waals surface area contributed by atoms with Crippen LogP contribution in [0.1, 0.15) is 25.3 Å². The third kappa shape index (κ3) is 3.45. The number of benzene rings is 1. The fourth-order valence-corrected chi connectivity index (χ4v) is 2.77. The molecule has 1 saturated heterocycles. The van der Waals surface area contributed by atoms with E-state index in [1.165, 1.54) is 0 Å². The molecule has 1 aromatic carbocycles. The van der Waals surface area contributed by atoms with Crippen molar-refractivity contribution in [3.63, 3.8) is 0 Å². The van der Waals surface area contributed by atoms with E-state index >= 15 is 0 Å². The van der Waals surface area contributed by atoms with Gasteiger partial charge in [-0.1, -0.05) is 0 Å². The second kappa shape index (κ2) is 5.88. The van der Waals surface area contributed by atoms with Gasteiger partial charge in [-0.05, 0) is 48.7 Å². The number of anilines is 1. The topological polar surface area (TPSA) is 64.4 Å². The maximum absolute atomic E-state index is 10.9. The second-order valence-corrected chi connectivity index (χ2v) is 5.78. The van der Waals surface area contributed by atoms with Gasteiger partial charge in [-0.25, -0.2) is 0 Å². The van der Waals surface area contributed by atoms with Crippen LogP contribution in [-0.2, 0) is 4.74 Å². The van der Waals surface area contributed by atoms with Gasteiger partial charge in [0.15, 0.2) is 0 Å². The van der Waals surface area contributed by atoms with Crippen molar-refractivity contribution in [1.82, 2.24) is 0 Å². The summed E-state index contributed by atoms with van der Waals surface area (Å²) in [5.41, 5.74) is 1.70. The lowest BCUT2D eigenvalue weighted by Gasteiger charge is -2.29. The molecule has 0 aromatic heterocycles. The Balaban J connectivity index is 2.16. The molecule has 1 heterocycles. The van der Waals surface area contributed by atoms with Crippen molar-refractivity contribution in [2.75, 3.05) is 11.9 Å². The molecule has 1 aliphatic heterocycles. The summed E-state index contributed by atoms with van der Waals surface area (Å²) in [5, 5.41) is 14.3. The molecule has 5 nitrogen and oxygen atoms in total. The predicted molar refractivity (Wildman–Crippen MR) is 77.6 cm³/mol.